The summed E-state index contributed by atoms with van der Waals surface area (Å²) in [6.45, 7) is 0. The summed E-state index contributed by atoms with van der Waals surface area (Å²) in [6.07, 6.45) is 4.12. The summed E-state index contributed by atoms with van der Waals surface area (Å²) in [4.78, 5) is 16.7. The summed E-state index contributed by atoms with van der Waals surface area (Å²) in [6, 6.07) is 12.7. The molecule has 0 unspecified atom stereocenters. The molecule has 1 saturated carbocycles. The first-order valence-corrected chi connectivity index (χ1v) is 8.58. The Morgan fingerprint density at radius 1 is 1.12 bits per heavy atom. The summed E-state index contributed by atoms with van der Waals surface area (Å²) in [7, 11) is 0. The molecule has 0 bridgehead atoms. The highest BCUT2D eigenvalue weighted by molar-refractivity contribution is 6.20. The number of carbonyl (C=O) groups excluding carboxylic acids is 1. The second kappa shape index (κ2) is 4.73. The Morgan fingerprint density at radius 2 is 1.92 bits per heavy atom. The maximum atomic E-state index is 13.2. The van der Waals surface area contributed by atoms with Crippen LogP contribution in [0.4, 0.5) is 0 Å². The zero-order chi connectivity index (χ0) is 17.2. The fourth-order valence-corrected chi connectivity index (χ4v) is 4.76. The van der Waals surface area contributed by atoms with Gasteiger partial charge in [-0.2, -0.15) is 5.26 Å². The molecule has 25 heavy (non-hydrogen) atoms. The van der Waals surface area contributed by atoms with Crippen molar-refractivity contribution in [2.24, 2.45) is 0 Å². The highest BCUT2D eigenvalue weighted by atomic mass is 16.3. The van der Waals surface area contributed by atoms with E-state index in [1.54, 1.807) is 24.3 Å². The molecule has 0 aliphatic heterocycles. The molecule has 4 nitrogen and oxygen atoms in total. The summed E-state index contributed by atoms with van der Waals surface area (Å²) >= 11 is 0. The second-order valence-corrected chi connectivity index (χ2v) is 7.10. The van der Waals surface area contributed by atoms with Crippen molar-refractivity contribution < 1.29 is 9.90 Å². The van der Waals surface area contributed by atoms with Gasteiger partial charge in [-0.05, 0) is 48.7 Å². The van der Waals surface area contributed by atoms with Crippen molar-refractivity contribution in [2.45, 2.75) is 31.1 Å². The van der Waals surface area contributed by atoms with E-state index < -0.39 is 0 Å². The average Bonchev–Trinajstić information content (AvgIpc) is 3.25. The van der Waals surface area contributed by atoms with Crippen LogP contribution in [-0.4, -0.2) is 15.9 Å². The van der Waals surface area contributed by atoms with Gasteiger partial charge in [-0.15, -0.1) is 0 Å². The lowest BCUT2D eigenvalue weighted by Gasteiger charge is -2.35. The van der Waals surface area contributed by atoms with Gasteiger partial charge in [0.15, 0.2) is 5.78 Å². The van der Waals surface area contributed by atoms with Crippen molar-refractivity contribution in [3.63, 3.8) is 0 Å². The standard InChI is InChI=1S/C21H16N2O2/c22-11-12-3-5-15-17(9-12)23-20-18(15)19(25)14-6-4-13(24)10-16(14)21(20)7-1-2-8-21/h3-6,9-10,23-24H,1-2,7-8H2. The molecule has 1 aromatic heterocycles. The maximum Gasteiger partial charge on any atom is 0.195 e. The Kier molecular flexibility index (Phi) is 2.71. The number of aromatic nitrogens is 1. The number of aromatic amines is 1. The van der Waals surface area contributed by atoms with Crippen molar-refractivity contribution in [1.82, 2.24) is 4.98 Å². The Labute approximate surface area is 144 Å². The largest absolute Gasteiger partial charge is 0.508 e. The third kappa shape index (κ3) is 1.73. The van der Waals surface area contributed by atoms with Crippen molar-refractivity contribution in [1.29, 1.82) is 5.26 Å². The van der Waals surface area contributed by atoms with E-state index in [1.165, 1.54) is 0 Å². The van der Waals surface area contributed by atoms with Crippen LogP contribution in [0.15, 0.2) is 36.4 Å². The smallest absolute Gasteiger partial charge is 0.195 e. The van der Waals surface area contributed by atoms with E-state index in [9.17, 15) is 15.2 Å². The van der Waals surface area contributed by atoms with Crippen LogP contribution >= 0.6 is 0 Å². The Bertz CT molecular complexity index is 1100. The molecule has 0 atom stereocenters. The lowest BCUT2D eigenvalue weighted by Crippen LogP contribution is -2.33. The highest BCUT2D eigenvalue weighted by Crippen LogP contribution is 2.53. The normalized spacial score (nSPS) is 17.5. The summed E-state index contributed by atoms with van der Waals surface area (Å²) in [5.74, 6) is 0.197. The number of rotatable bonds is 0. The number of nitrogens with one attached hydrogen (secondary N) is 1. The molecular formula is C21H16N2O2. The Hall–Kier alpha value is -3.06. The van der Waals surface area contributed by atoms with Crippen molar-refractivity contribution in [3.8, 4) is 11.8 Å². The third-order valence-electron chi connectivity index (χ3n) is 5.85. The SMILES string of the molecule is N#Cc1ccc2c3c([nH]c2c1)C1(CCCC1)c1cc(O)ccc1C3=O. The number of H-pyrrole nitrogens is 1. The number of carbonyl (C=O) groups is 1. The zero-order valence-corrected chi connectivity index (χ0v) is 13.6. The van der Waals surface area contributed by atoms with E-state index in [4.69, 9.17) is 0 Å². The van der Waals surface area contributed by atoms with Gasteiger partial charge >= 0.3 is 0 Å². The molecule has 2 aromatic carbocycles. The molecule has 3 aromatic rings. The number of ketones is 1. The minimum atomic E-state index is -0.247. The van der Waals surface area contributed by atoms with E-state index in [0.29, 0.717) is 11.1 Å². The van der Waals surface area contributed by atoms with Gasteiger partial charge in [0.05, 0.1) is 17.2 Å². The Balaban J connectivity index is 1.89. The predicted octanol–water partition coefficient (Wildman–Crippen LogP) is 4.15. The van der Waals surface area contributed by atoms with E-state index >= 15 is 0 Å². The van der Waals surface area contributed by atoms with Gasteiger partial charge in [-0.25, -0.2) is 0 Å². The predicted molar refractivity (Wildman–Crippen MR) is 93.8 cm³/mol. The number of phenols is 1. The first kappa shape index (κ1) is 14.3. The molecule has 4 heteroatoms. The lowest BCUT2D eigenvalue weighted by molar-refractivity contribution is 0.103. The first-order valence-electron chi connectivity index (χ1n) is 8.58. The van der Waals surface area contributed by atoms with Crippen molar-refractivity contribution in [3.05, 3.63) is 64.3 Å². The van der Waals surface area contributed by atoms with E-state index in [2.05, 4.69) is 11.1 Å². The maximum absolute atomic E-state index is 13.2. The van der Waals surface area contributed by atoms with Gasteiger partial charge in [-0.3, -0.25) is 4.79 Å². The van der Waals surface area contributed by atoms with Crippen LogP contribution in [0.25, 0.3) is 10.9 Å². The molecule has 2 aliphatic carbocycles. The van der Waals surface area contributed by atoms with E-state index in [0.717, 1.165) is 53.4 Å². The third-order valence-corrected chi connectivity index (χ3v) is 5.85. The van der Waals surface area contributed by atoms with Crippen LogP contribution in [0.1, 0.15) is 58.4 Å². The number of hydrogen-bond donors (Lipinski definition) is 2. The average molecular weight is 328 g/mol. The van der Waals surface area contributed by atoms with Crippen molar-refractivity contribution in [2.75, 3.05) is 0 Å². The monoisotopic (exact) mass is 328 g/mol. The van der Waals surface area contributed by atoms with Crippen LogP contribution in [0.3, 0.4) is 0 Å². The number of nitriles is 1. The fraction of sp³-hybridized carbons (Fsp3) is 0.238. The molecule has 0 radical (unpaired) electrons. The van der Waals surface area contributed by atoms with Crippen LogP contribution < -0.4 is 0 Å². The van der Waals surface area contributed by atoms with Gasteiger partial charge in [0.1, 0.15) is 5.75 Å². The summed E-state index contributed by atoms with van der Waals surface area (Å²) in [5, 5.41) is 20.1. The molecule has 2 aliphatic rings. The van der Waals surface area contributed by atoms with Crippen LogP contribution in [0.2, 0.25) is 0 Å². The van der Waals surface area contributed by atoms with Crippen LogP contribution in [0.5, 0.6) is 5.75 Å². The van der Waals surface area contributed by atoms with Gasteiger partial charge in [0.25, 0.3) is 0 Å². The molecule has 0 amide bonds. The molecule has 0 saturated heterocycles. The summed E-state index contributed by atoms with van der Waals surface area (Å²) in [5.41, 5.74) is 4.49. The minimum absolute atomic E-state index is 0.00140. The number of fused-ring (bicyclic) bond motifs is 6. The van der Waals surface area contributed by atoms with Gasteiger partial charge < -0.3 is 10.1 Å². The second-order valence-electron chi connectivity index (χ2n) is 7.10. The quantitative estimate of drug-likeness (QED) is 0.651. The first-order chi connectivity index (χ1) is 12.1. The molecule has 1 spiro atoms. The van der Waals surface area contributed by atoms with Crippen LogP contribution in [0, 0.1) is 11.3 Å². The number of phenolic OH excluding ortho intramolecular Hbond substituents is 1. The van der Waals surface area contributed by atoms with Gasteiger partial charge in [-0.1, -0.05) is 18.9 Å². The molecule has 122 valence electrons. The number of nitrogens with zero attached hydrogens (tertiary/aromatic N) is 1. The van der Waals surface area contributed by atoms with Crippen molar-refractivity contribution >= 4 is 16.7 Å². The van der Waals surface area contributed by atoms with Gasteiger partial charge in [0.2, 0.25) is 0 Å². The molecule has 1 fully saturated rings. The number of aromatic hydroxyl groups is 1. The Morgan fingerprint density at radius 3 is 2.68 bits per heavy atom. The van der Waals surface area contributed by atoms with E-state index in [-0.39, 0.29) is 16.9 Å². The van der Waals surface area contributed by atoms with Gasteiger partial charge in [0, 0.05) is 27.6 Å². The summed E-state index contributed by atoms with van der Waals surface area (Å²) < 4.78 is 0. The van der Waals surface area contributed by atoms with E-state index in [1.807, 2.05) is 12.1 Å². The molecule has 2 N–H and O–H groups in total. The topological polar surface area (TPSA) is 76.9 Å². The minimum Gasteiger partial charge on any atom is -0.508 e. The number of benzene rings is 2. The molecule has 1 heterocycles. The molecule has 5 rings (SSSR count). The lowest BCUT2D eigenvalue weighted by atomic mass is 9.67. The highest BCUT2D eigenvalue weighted by Gasteiger charge is 2.47. The fourth-order valence-electron chi connectivity index (χ4n) is 4.76. The zero-order valence-electron chi connectivity index (χ0n) is 13.6. The molecular weight excluding hydrogens is 312 g/mol. The number of hydrogen-bond acceptors (Lipinski definition) is 3. The van der Waals surface area contributed by atoms with Crippen LogP contribution in [-0.2, 0) is 5.41 Å².